The molecule has 0 radical (unpaired) electrons. The van der Waals surface area contributed by atoms with Crippen LogP contribution in [-0.4, -0.2) is 15.9 Å². The quantitative estimate of drug-likeness (QED) is 0.831. The van der Waals surface area contributed by atoms with Crippen LogP contribution in [-0.2, 0) is 4.79 Å². The summed E-state index contributed by atoms with van der Waals surface area (Å²) < 4.78 is 13.6. The molecule has 0 aliphatic carbocycles. The number of aromatic nitrogens is 2. The third kappa shape index (κ3) is 3.92. The van der Waals surface area contributed by atoms with Crippen LogP contribution in [0.1, 0.15) is 30.8 Å². The minimum atomic E-state index is -0.468. The lowest BCUT2D eigenvalue weighted by Crippen LogP contribution is -2.27. The number of rotatable bonds is 5. The van der Waals surface area contributed by atoms with Crippen molar-refractivity contribution < 1.29 is 9.18 Å². The molecular weight excluding hydrogens is 293 g/mol. The van der Waals surface area contributed by atoms with Gasteiger partial charge < -0.3 is 10.3 Å². The van der Waals surface area contributed by atoms with Gasteiger partial charge in [-0.2, -0.15) is 0 Å². The number of hydrogen-bond donors (Lipinski definition) is 2. The summed E-state index contributed by atoms with van der Waals surface area (Å²) in [4.78, 5) is 19.0. The maximum Gasteiger partial charge on any atom is 0.244 e. The number of carbonyl (C=O) groups excluding carboxylic acids is 1. The Labute approximate surface area is 127 Å². The average molecular weight is 308 g/mol. The van der Waals surface area contributed by atoms with Crippen LogP contribution in [0.25, 0.3) is 6.08 Å². The van der Waals surface area contributed by atoms with E-state index in [0.29, 0.717) is 12.2 Å². The maximum absolute atomic E-state index is 13.6. The Morgan fingerprint density at radius 3 is 3.00 bits per heavy atom. The van der Waals surface area contributed by atoms with Gasteiger partial charge in [0.2, 0.25) is 5.91 Å². The van der Waals surface area contributed by atoms with Gasteiger partial charge in [0.25, 0.3) is 0 Å². The molecule has 1 atom stereocenters. The molecule has 2 aromatic rings. The summed E-state index contributed by atoms with van der Waals surface area (Å²) in [6, 6.07) is 4.16. The van der Waals surface area contributed by atoms with Crippen LogP contribution < -0.4 is 5.32 Å². The molecule has 2 rings (SSSR count). The molecule has 110 valence electrons. The molecule has 1 amide bonds. The van der Waals surface area contributed by atoms with E-state index in [0.717, 1.165) is 0 Å². The summed E-state index contributed by atoms with van der Waals surface area (Å²) in [6.45, 7) is 1.94. The van der Waals surface area contributed by atoms with Gasteiger partial charge in [-0.25, -0.2) is 9.37 Å². The Bertz CT molecular complexity index is 620. The average Bonchev–Trinajstić information content (AvgIpc) is 2.98. The molecular formula is C15H15ClFN3O. The molecule has 0 saturated heterocycles. The summed E-state index contributed by atoms with van der Waals surface area (Å²) >= 11 is 5.89. The normalized spacial score (nSPS) is 12.5. The molecule has 0 saturated carbocycles. The molecule has 1 aromatic carbocycles. The monoisotopic (exact) mass is 307 g/mol. The topological polar surface area (TPSA) is 57.8 Å². The first-order valence-electron chi connectivity index (χ1n) is 6.53. The van der Waals surface area contributed by atoms with E-state index in [1.807, 2.05) is 6.92 Å². The Kier molecular flexibility index (Phi) is 5.11. The van der Waals surface area contributed by atoms with E-state index in [1.54, 1.807) is 18.5 Å². The van der Waals surface area contributed by atoms with Gasteiger partial charge in [-0.05, 0) is 24.6 Å². The molecule has 0 spiro atoms. The van der Waals surface area contributed by atoms with Crippen LogP contribution in [0.4, 0.5) is 4.39 Å². The van der Waals surface area contributed by atoms with Gasteiger partial charge in [0.15, 0.2) is 0 Å². The second-order valence-corrected chi connectivity index (χ2v) is 4.82. The molecule has 1 heterocycles. The van der Waals surface area contributed by atoms with Crippen molar-refractivity contribution in [3.63, 3.8) is 0 Å². The van der Waals surface area contributed by atoms with E-state index in [9.17, 15) is 9.18 Å². The fraction of sp³-hybridized carbons (Fsp3) is 0.200. The van der Waals surface area contributed by atoms with E-state index in [-0.39, 0.29) is 22.5 Å². The highest BCUT2D eigenvalue weighted by atomic mass is 35.5. The lowest BCUT2D eigenvalue weighted by atomic mass is 10.2. The third-order valence-electron chi connectivity index (χ3n) is 2.98. The lowest BCUT2D eigenvalue weighted by Gasteiger charge is -2.12. The molecule has 0 aliphatic heterocycles. The van der Waals surface area contributed by atoms with Gasteiger partial charge in [-0.15, -0.1) is 0 Å². The Hall–Kier alpha value is -2.14. The predicted octanol–water partition coefficient (Wildman–Crippen LogP) is 3.48. The maximum atomic E-state index is 13.6. The largest absolute Gasteiger partial charge is 0.347 e. The minimum Gasteiger partial charge on any atom is -0.347 e. The van der Waals surface area contributed by atoms with Gasteiger partial charge in [-0.1, -0.05) is 24.6 Å². The number of nitrogens with one attached hydrogen (secondary N) is 2. The van der Waals surface area contributed by atoms with Crippen LogP contribution in [0, 0.1) is 5.82 Å². The predicted molar refractivity (Wildman–Crippen MR) is 80.2 cm³/mol. The van der Waals surface area contributed by atoms with Crippen molar-refractivity contribution in [2.75, 3.05) is 0 Å². The number of nitrogens with zero attached hydrogens (tertiary/aromatic N) is 1. The summed E-state index contributed by atoms with van der Waals surface area (Å²) in [5.41, 5.74) is 0.195. The fourth-order valence-corrected chi connectivity index (χ4v) is 2.11. The first-order chi connectivity index (χ1) is 10.1. The van der Waals surface area contributed by atoms with E-state index < -0.39 is 5.82 Å². The highest BCUT2D eigenvalue weighted by molar-refractivity contribution is 6.32. The first kappa shape index (κ1) is 15.3. The van der Waals surface area contributed by atoms with E-state index in [2.05, 4.69) is 15.3 Å². The molecule has 4 nitrogen and oxygen atoms in total. The fourth-order valence-electron chi connectivity index (χ4n) is 1.88. The van der Waals surface area contributed by atoms with Gasteiger partial charge >= 0.3 is 0 Å². The number of hydrogen-bond acceptors (Lipinski definition) is 2. The van der Waals surface area contributed by atoms with Crippen molar-refractivity contribution in [3.05, 3.63) is 58.9 Å². The summed E-state index contributed by atoms with van der Waals surface area (Å²) in [7, 11) is 0. The lowest BCUT2D eigenvalue weighted by molar-refractivity contribution is -0.117. The zero-order valence-corrected chi connectivity index (χ0v) is 12.2. The summed E-state index contributed by atoms with van der Waals surface area (Å²) in [6.07, 6.45) is 6.63. The number of H-pyrrole nitrogens is 1. The van der Waals surface area contributed by atoms with Crippen molar-refractivity contribution in [2.24, 2.45) is 0 Å². The van der Waals surface area contributed by atoms with Crippen LogP contribution >= 0.6 is 11.6 Å². The third-order valence-corrected chi connectivity index (χ3v) is 3.30. The van der Waals surface area contributed by atoms with Gasteiger partial charge in [0.05, 0.1) is 11.1 Å². The van der Waals surface area contributed by atoms with Crippen LogP contribution in [0.15, 0.2) is 36.7 Å². The van der Waals surface area contributed by atoms with Crippen molar-refractivity contribution in [1.29, 1.82) is 0 Å². The number of amides is 1. The molecule has 0 aliphatic rings. The SMILES string of the molecule is CCC(NC(=O)/C=C/c1c(F)cccc1Cl)c1ncc[nH]1. The van der Waals surface area contributed by atoms with Crippen LogP contribution in [0.5, 0.6) is 0 Å². The first-order valence-corrected chi connectivity index (χ1v) is 6.91. The number of aromatic amines is 1. The Balaban J connectivity index is 2.06. The standard InChI is InChI=1S/C15H15ClFN3O/c1-2-13(15-18-8-9-19-15)20-14(21)7-6-10-11(16)4-3-5-12(10)17/h3-9,13H,2H2,1H3,(H,18,19)(H,20,21)/b7-6+. The summed E-state index contributed by atoms with van der Waals surface area (Å²) in [5, 5.41) is 3.05. The highest BCUT2D eigenvalue weighted by Gasteiger charge is 2.13. The van der Waals surface area contributed by atoms with E-state index >= 15 is 0 Å². The van der Waals surface area contributed by atoms with Gasteiger partial charge in [0, 0.05) is 24.0 Å². The number of imidazole rings is 1. The molecule has 1 aromatic heterocycles. The number of halogens is 2. The zero-order chi connectivity index (χ0) is 15.2. The summed E-state index contributed by atoms with van der Waals surface area (Å²) in [5.74, 6) is -0.120. The smallest absolute Gasteiger partial charge is 0.244 e. The van der Waals surface area contributed by atoms with E-state index in [4.69, 9.17) is 11.6 Å². The molecule has 21 heavy (non-hydrogen) atoms. The number of carbonyl (C=O) groups is 1. The Morgan fingerprint density at radius 1 is 1.57 bits per heavy atom. The van der Waals surface area contributed by atoms with Crippen molar-refractivity contribution in [2.45, 2.75) is 19.4 Å². The van der Waals surface area contributed by atoms with E-state index in [1.165, 1.54) is 24.3 Å². The van der Waals surface area contributed by atoms with Crippen molar-refractivity contribution in [3.8, 4) is 0 Å². The molecule has 1 unspecified atom stereocenters. The minimum absolute atomic E-state index is 0.195. The van der Waals surface area contributed by atoms with Crippen LogP contribution in [0.3, 0.4) is 0 Å². The zero-order valence-electron chi connectivity index (χ0n) is 11.4. The van der Waals surface area contributed by atoms with Gasteiger partial charge in [-0.3, -0.25) is 4.79 Å². The molecule has 0 bridgehead atoms. The van der Waals surface area contributed by atoms with Gasteiger partial charge in [0.1, 0.15) is 11.6 Å². The molecule has 6 heteroatoms. The second-order valence-electron chi connectivity index (χ2n) is 4.41. The van der Waals surface area contributed by atoms with Crippen LogP contribution in [0.2, 0.25) is 5.02 Å². The van der Waals surface area contributed by atoms with Crippen molar-refractivity contribution >= 4 is 23.6 Å². The second kappa shape index (κ2) is 7.04. The highest BCUT2D eigenvalue weighted by Crippen LogP contribution is 2.20. The van der Waals surface area contributed by atoms with Crippen molar-refractivity contribution in [1.82, 2.24) is 15.3 Å². The molecule has 2 N–H and O–H groups in total. The Morgan fingerprint density at radius 2 is 2.38 bits per heavy atom. The molecule has 0 fully saturated rings. The number of benzene rings is 1.